The van der Waals surface area contributed by atoms with E-state index < -0.39 is 31.7 Å². The summed E-state index contributed by atoms with van der Waals surface area (Å²) in [6, 6.07) is 1.43. The Hall–Kier alpha value is -0.880. The second-order valence-corrected chi connectivity index (χ2v) is 3.81. The lowest BCUT2D eigenvalue weighted by atomic mass is 10.3. The smallest absolute Gasteiger partial charge is 0.337 e. The Morgan fingerprint density at radius 3 is 2.31 bits per heavy atom. The number of phenols is 1. The molecule has 0 unspecified atom stereocenters. The molecule has 3 nitrogen and oxygen atoms in total. The van der Waals surface area contributed by atoms with Crippen molar-refractivity contribution in [3.8, 4) is 5.75 Å². The largest absolute Gasteiger partial charge is 0.506 e. The van der Waals surface area contributed by atoms with Crippen LogP contribution in [0.1, 0.15) is 0 Å². The van der Waals surface area contributed by atoms with Gasteiger partial charge in [-0.25, -0.2) is 4.39 Å². The van der Waals surface area contributed by atoms with Gasteiger partial charge >= 0.3 is 10.2 Å². The summed E-state index contributed by atoms with van der Waals surface area (Å²) in [6.45, 7) is 0. The van der Waals surface area contributed by atoms with E-state index in [4.69, 9.17) is 16.7 Å². The molecule has 1 rings (SSSR count). The number of hydrogen-bond donors (Lipinski definition) is 1. The van der Waals surface area contributed by atoms with Gasteiger partial charge in [-0.05, 0) is 12.1 Å². The minimum absolute atomic E-state index is 0.702. The van der Waals surface area contributed by atoms with Crippen molar-refractivity contribution < 1.29 is 21.8 Å². The molecule has 1 aromatic carbocycles. The van der Waals surface area contributed by atoms with Gasteiger partial charge in [0.1, 0.15) is 16.6 Å². The summed E-state index contributed by atoms with van der Waals surface area (Å²) in [7, 11) is -5.21. The van der Waals surface area contributed by atoms with Crippen LogP contribution >= 0.6 is 11.6 Å². The van der Waals surface area contributed by atoms with Gasteiger partial charge in [-0.1, -0.05) is 11.6 Å². The van der Waals surface area contributed by atoms with E-state index in [1.165, 1.54) is 0 Å². The zero-order valence-electron chi connectivity index (χ0n) is 5.96. The maximum atomic E-state index is 12.6. The Bertz CT molecular complexity index is 443. The molecule has 1 aromatic rings. The Morgan fingerprint density at radius 1 is 1.38 bits per heavy atom. The van der Waals surface area contributed by atoms with E-state index in [1.807, 2.05) is 0 Å². The molecule has 0 spiro atoms. The minimum Gasteiger partial charge on any atom is -0.506 e. The van der Waals surface area contributed by atoms with Gasteiger partial charge in [0.2, 0.25) is 0 Å². The van der Waals surface area contributed by atoms with Gasteiger partial charge < -0.3 is 5.11 Å². The van der Waals surface area contributed by atoms with Crippen LogP contribution in [0, 0.1) is 5.82 Å². The van der Waals surface area contributed by atoms with E-state index in [2.05, 4.69) is 0 Å². The number of aromatic hydroxyl groups is 1. The number of rotatable bonds is 1. The topological polar surface area (TPSA) is 54.4 Å². The Kier molecular flexibility index (Phi) is 2.44. The predicted molar refractivity (Wildman–Crippen MR) is 41.4 cm³/mol. The van der Waals surface area contributed by atoms with E-state index in [1.54, 1.807) is 0 Å². The average Bonchev–Trinajstić information content (AvgIpc) is 1.95. The first-order valence-corrected chi connectivity index (χ1v) is 4.72. The molecule has 0 amide bonds. The minimum atomic E-state index is -5.21. The Balaban J connectivity index is 3.62. The second kappa shape index (κ2) is 3.12. The van der Waals surface area contributed by atoms with Crippen LogP contribution in [0.3, 0.4) is 0 Å². The predicted octanol–water partition coefficient (Wildman–Crippen LogP) is 1.84. The lowest BCUT2D eigenvalue weighted by molar-refractivity contribution is 0.452. The molecule has 7 heteroatoms. The highest BCUT2D eigenvalue weighted by Crippen LogP contribution is 2.33. The molecule has 0 fully saturated rings. The van der Waals surface area contributed by atoms with Crippen molar-refractivity contribution in [3.05, 3.63) is 23.0 Å². The van der Waals surface area contributed by atoms with Gasteiger partial charge in [0, 0.05) is 0 Å². The molecule has 0 bridgehead atoms. The molecular weight excluding hydrogens is 226 g/mol. The molecule has 0 atom stereocenters. The first-order chi connectivity index (χ1) is 5.84. The first-order valence-electron chi connectivity index (χ1n) is 2.95. The standard InChI is InChI=1S/C6H3ClF2O3S/c7-5-3(8)1-2-4(10)6(5)13(9,11)12/h1-2,10H. The highest BCUT2D eigenvalue weighted by Gasteiger charge is 2.23. The lowest BCUT2D eigenvalue weighted by Crippen LogP contribution is -1.95. The Labute approximate surface area is 77.8 Å². The van der Waals surface area contributed by atoms with Crippen molar-refractivity contribution >= 4 is 21.8 Å². The highest BCUT2D eigenvalue weighted by molar-refractivity contribution is 7.86. The monoisotopic (exact) mass is 228 g/mol. The van der Waals surface area contributed by atoms with Gasteiger partial charge in [-0.3, -0.25) is 0 Å². The third-order valence-corrected chi connectivity index (χ3v) is 2.66. The number of benzene rings is 1. The fourth-order valence-corrected chi connectivity index (χ4v) is 1.82. The molecule has 72 valence electrons. The van der Waals surface area contributed by atoms with Crippen molar-refractivity contribution in [2.75, 3.05) is 0 Å². The van der Waals surface area contributed by atoms with E-state index in [-0.39, 0.29) is 0 Å². The quantitative estimate of drug-likeness (QED) is 0.747. The van der Waals surface area contributed by atoms with Crippen molar-refractivity contribution in [1.82, 2.24) is 0 Å². The molecule has 13 heavy (non-hydrogen) atoms. The fourth-order valence-electron chi connectivity index (χ4n) is 0.754. The summed E-state index contributed by atoms with van der Waals surface area (Å²) >= 11 is 5.13. The van der Waals surface area contributed by atoms with Crippen LogP contribution in [0.4, 0.5) is 8.28 Å². The number of hydrogen-bond acceptors (Lipinski definition) is 3. The zero-order chi connectivity index (χ0) is 10.2. The molecule has 0 heterocycles. The SMILES string of the molecule is O=S(=O)(F)c1c(O)ccc(F)c1Cl. The molecule has 0 saturated carbocycles. The molecule has 0 aromatic heterocycles. The summed E-state index contributed by atoms with van der Waals surface area (Å²) < 4.78 is 45.7. The third kappa shape index (κ3) is 1.89. The highest BCUT2D eigenvalue weighted by atomic mass is 35.5. The van der Waals surface area contributed by atoms with Crippen LogP contribution in [0.2, 0.25) is 5.02 Å². The number of halogens is 3. The van der Waals surface area contributed by atoms with Crippen LogP contribution in [0.15, 0.2) is 17.0 Å². The Morgan fingerprint density at radius 2 is 1.92 bits per heavy atom. The third-order valence-electron chi connectivity index (χ3n) is 1.27. The van der Waals surface area contributed by atoms with Gasteiger partial charge in [0.05, 0.1) is 0 Å². The second-order valence-electron chi connectivity index (χ2n) is 2.15. The lowest BCUT2D eigenvalue weighted by Gasteiger charge is -2.02. The van der Waals surface area contributed by atoms with Gasteiger partial charge in [0.25, 0.3) is 0 Å². The average molecular weight is 229 g/mol. The fraction of sp³-hybridized carbons (Fsp3) is 0. The summed E-state index contributed by atoms with van der Waals surface area (Å²) in [5, 5.41) is 7.93. The summed E-state index contributed by atoms with van der Waals surface area (Å²) in [5.74, 6) is -2.04. The van der Waals surface area contributed by atoms with Crippen molar-refractivity contribution in [1.29, 1.82) is 0 Å². The first kappa shape index (κ1) is 10.2. The molecule has 0 aliphatic heterocycles. The summed E-state index contributed by atoms with van der Waals surface area (Å²) in [5.41, 5.74) is 0. The normalized spacial score (nSPS) is 11.6. The van der Waals surface area contributed by atoms with Gasteiger partial charge in [-0.2, -0.15) is 8.42 Å². The van der Waals surface area contributed by atoms with Crippen molar-refractivity contribution in [2.24, 2.45) is 0 Å². The molecular formula is C6H3ClF2O3S. The number of phenolic OH excluding ortho intramolecular Hbond substituents is 1. The van der Waals surface area contributed by atoms with E-state index in [0.717, 1.165) is 6.07 Å². The van der Waals surface area contributed by atoms with Crippen LogP contribution in [0.5, 0.6) is 5.75 Å². The zero-order valence-corrected chi connectivity index (χ0v) is 7.53. The molecule has 0 radical (unpaired) electrons. The maximum Gasteiger partial charge on any atom is 0.337 e. The van der Waals surface area contributed by atoms with Crippen LogP contribution < -0.4 is 0 Å². The van der Waals surface area contributed by atoms with Crippen LogP contribution in [0.25, 0.3) is 0 Å². The molecule has 1 N–H and O–H groups in total. The van der Waals surface area contributed by atoms with Crippen molar-refractivity contribution in [2.45, 2.75) is 4.90 Å². The van der Waals surface area contributed by atoms with E-state index in [9.17, 15) is 16.7 Å². The van der Waals surface area contributed by atoms with Crippen LogP contribution in [-0.2, 0) is 10.2 Å². The van der Waals surface area contributed by atoms with E-state index in [0.29, 0.717) is 6.07 Å². The van der Waals surface area contributed by atoms with E-state index >= 15 is 0 Å². The maximum absolute atomic E-state index is 12.6. The van der Waals surface area contributed by atoms with Crippen molar-refractivity contribution in [3.63, 3.8) is 0 Å². The molecule has 0 aliphatic rings. The van der Waals surface area contributed by atoms with Gasteiger partial charge in [-0.15, -0.1) is 3.89 Å². The molecule has 0 aliphatic carbocycles. The summed E-state index contributed by atoms with van der Waals surface area (Å²) in [6.07, 6.45) is 0. The van der Waals surface area contributed by atoms with Crippen LogP contribution in [-0.4, -0.2) is 13.5 Å². The molecule has 0 saturated heterocycles. The van der Waals surface area contributed by atoms with Gasteiger partial charge in [0.15, 0.2) is 4.90 Å². The summed E-state index contributed by atoms with van der Waals surface area (Å²) in [4.78, 5) is -1.24.